The highest BCUT2D eigenvalue weighted by Crippen LogP contribution is 2.38. The van der Waals surface area contributed by atoms with Crippen molar-refractivity contribution in [1.82, 2.24) is 0 Å². The van der Waals surface area contributed by atoms with Crippen molar-refractivity contribution in [3.05, 3.63) is 19.8 Å². The van der Waals surface area contributed by atoms with Gasteiger partial charge >= 0.3 is 0 Å². The third-order valence-corrected chi connectivity index (χ3v) is 4.31. The molecule has 0 amide bonds. The van der Waals surface area contributed by atoms with Crippen LogP contribution in [0.4, 0.5) is 0 Å². The Kier molecular flexibility index (Phi) is 3.17. The lowest BCUT2D eigenvalue weighted by molar-refractivity contribution is -0.0208. The molecule has 2 nitrogen and oxygen atoms in total. The van der Waals surface area contributed by atoms with Gasteiger partial charge in [-0.25, -0.2) is 5.90 Å². The maximum atomic E-state index is 5.87. The van der Waals surface area contributed by atoms with Crippen molar-refractivity contribution in [2.24, 2.45) is 5.90 Å². The van der Waals surface area contributed by atoms with Crippen LogP contribution in [0.2, 0.25) is 4.34 Å². The Balaban J connectivity index is 3.04. The van der Waals surface area contributed by atoms with Crippen LogP contribution in [0.5, 0.6) is 0 Å². The van der Waals surface area contributed by atoms with Gasteiger partial charge in [0.05, 0.1) is 0 Å². The molecular weight excluding hydrogens is 262 g/mol. The zero-order chi connectivity index (χ0) is 9.35. The second kappa shape index (κ2) is 3.64. The highest BCUT2D eigenvalue weighted by atomic mass is 79.9. The van der Waals surface area contributed by atoms with E-state index in [1.54, 1.807) is 0 Å². The van der Waals surface area contributed by atoms with Crippen molar-refractivity contribution in [2.75, 3.05) is 0 Å². The molecule has 0 unspecified atom stereocenters. The molecule has 1 heterocycles. The molecule has 0 aliphatic heterocycles. The van der Waals surface area contributed by atoms with Gasteiger partial charge in [0, 0.05) is 9.35 Å². The van der Waals surface area contributed by atoms with E-state index in [1.807, 2.05) is 19.9 Å². The first kappa shape index (κ1) is 10.5. The van der Waals surface area contributed by atoms with Gasteiger partial charge in [-0.15, -0.1) is 11.3 Å². The number of rotatable bonds is 2. The van der Waals surface area contributed by atoms with E-state index in [9.17, 15) is 0 Å². The van der Waals surface area contributed by atoms with Crippen LogP contribution in [0.15, 0.2) is 10.5 Å². The van der Waals surface area contributed by atoms with Gasteiger partial charge < -0.3 is 0 Å². The summed E-state index contributed by atoms with van der Waals surface area (Å²) < 4.78 is 1.60. The molecule has 0 aliphatic carbocycles. The van der Waals surface area contributed by atoms with Crippen molar-refractivity contribution in [1.29, 1.82) is 0 Å². The molecule has 0 saturated carbocycles. The largest absolute Gasteiger partial charge is 0.293 e. The smallest absolute Gasteiger partial charge is 0.118 e. The topological polar surface area (TPSA) is 35.2 Å². The Bertz CT molecular complexity index is 267. The summed E-state index contributed by atoms with van der Waals surface area (Å²) in [5, 5.41) is 0. The summed E-state index contributed by atoms with van der Waals surface area (Å²) in [5.74, 6) is 5.15. The van der Waals surface area contributed by atoms with E-state index in [-0.39, 0.29) is 0 Å². The van der Waals surface area contributed by atoms with Crippen molar-refractivity contribution in [3.63, 3.8) is 0 Å². The Hall–Kier alpha value is 0.390. The molecule has 1 aromatic rings. The van der Waals surface area contributed by atoms with Gasteiger partial charge in [-0.3, -0.25) is 4.84 Å². The van der Waals surface area contributed by atoms with Crippen LogP contribution in [-0.4, -0.2) is 0 Å². The molecule has 0 fully saturated rings. The van der Waals surface area contributed by atoms with Crippen LogP contribution >= 0.6 is 38.9 Å². The predicted molar refractivity (Wildman–Crippen MR) is 55.3 cm³/mol. The van der Waals surface area contributed by atoms with Crippen LogP contribution in [0.25, 0.3) is 0 Å². The molecular formula is C7H9BrClNOS. The molecule has 12 heavy (non-hydrogen) atoms. The highest BCUT2D eigenvalue weighted by molar-refractivity contribution is 9.10. The second-order valence-electron chi connectivity index (χ2n) is 2.86. The summed E-state index contributed by atoms with van der Waals surface area (Å²) in [5.41, 5.74) is -0.472. The van der Waals surface area contributed by atoms with E-state index in [0.29, 0.717) is 0 Å². The van der Waals surface area contributed by atoms with Crippen LogP contribution in [0.1, 0.15) is 18.7 Å². The Morgan fingerprint density at radius 2 is 2.25 bits per heavy atom. The van der Waals surface area contributed by atoms with Crippen molar-refractivity contribution < 1.29 is 4.84 Å². The molecule has 5 heteroatoms. The monoisotopic (exact) mass is 269 g/mol. The van der Waals surface area contributed by atoms with Gasteiger partial charge in [-0.2, -0.15) is 0 Å². The van der Waals surface area contributed by atoms with E-state index in [2.05, 4.69) is 15.9 Å². The molecule has 2 N–H and O–H groups in total. The zero-order valence-corrected chi connectivity index (χ0v) is 9.89. The van der Waals surface area contributed by atoms with Crippen LogP contribution in [0, 0.1) is 0 Å². The van der Waals surface area contributed by atoms with Crippen LogP contribution in [-0.2, 0) is 10.4 Å². The van der Waals surface area contributed by atoms with Gasteiger partial charge in [-0.05, 0) is 35.8 Å². The minimum absolute atomic E-state index is 0.472. The van der Waals surface area contributed by atoms with E-state index in [4.69, 9.17) is 22.3 Å². The number of nitrogens with two attached hydrogens (primary N) is 1. The normalized spacial score (nSPS) is 12.1. The van der Waals surface area contributed by atoms with Gasteiger partial charge in [0.15, 0.2) is 0 Å². The average Bonchev–Trinajstić information content (AvgIpc) is 2.33. The minimum atomic E-state index is -0.472. The first-order valence-electron chi connectivity index (χ1n) is 3.30. The number of thiophene rings is 1. The minimum Gasteiger partial charge on any atom is -0.293 e. The maximum absolute atomic E-state index is 5.87. The first-order valence-corrected chi connectivity index (χ1v) is 5.29. The van der Waals surface area contributed by atoms with Gasteiger partial charge in [0.25, 0.3) is 0 Å². The number of hydrogen-bond acceptors (Lipinski definition) is 3. The Morgan fingerprint density at radius 3 is 2.58 bits per heavy atom. The van der Waals surface area contributed by atoms with Crippen LogP contribution in [0.3, 0.4) is 0 Å². The third-order valence-electron chi connectivity index (χ3n) is 1.53. The fourth-order valence-electron chi connectivity index (χ4n) is 0.701. The molecule has 0 aliphatic rings. The summed E-state index contributed by atoms with van der Waals surface area (Å²) in [4.78, 5) is 5.82. The number of hydrogen-bond donors (Lipinski definition) is 1. The van der Waals surface area contributed by atoms with Gasteiger partial charge in [0.1, 0.15) is 9.94 Å². The summed E-state index contributed by atoms with van der Waals surface area (Å²) in [7, 11) is 0. The molecule has 0 radical (unpaired) electrons. The van der Waals surface area contributed by atoms with Gasteiger partial charge in [-0.1, -0.05) is 11.6 Å². The van der Waals surface area contributed by atoms with Crippen molar-refractivity contribution >= 4 is 38.9 Å². The SMILES string of the molecule is CC(C)(ON)c1cc(Br)c(Cl)s1. The van der Waals surface area contributed by atoms with Gasteiger partial charge in [0.2, 0.25) is 0 Å². The van der Waals surface area contributed by atoms with E-state index < -0.39 is 5.60 Å². The lowest BCUT2D eigenvalue weighted by atomic mass is 10.1. The molecule has 68 valence electrons. The lowest BCUT2D eigenvalue weighted by Gasteiger charge is -2.19. The lowest BCUT2D eigenvalue weighted by Crippen LogP contribution is -2.23. The fourth-order valence-corrected chi connectivity index (χ4v) is 2.45. The zero-order valence-electron chi connectivity index (χ0n) is 6.73. The first-order chi connectivity index (χ1) is 5.47. The van der Waals surface area contributed by atoms with Crippen molar-refractivity contribution in [2.45, 2.75) is 19.4 Å². The molecule has 0 atom stereocenters. The van der Waals surface area contributed by atoms with E-state index >= 15 is 0 Å². The summed E-state index contributed by atoms with van der Waals surface area (Å²) in [6.07, 6.45) is 0. The summed E-state index contributed by atoms with van der Waals surface area (Å²) >= 11 is 10.6. The standard InChI is InChI=1S/C7H9BrClNOS/c1-7(2,11-10)5-3-4(8)6(9)12-5/h3H,10H2,1-2H3. The second-order valence-corrected chi connectivity index (χ2v) is 5.37. The Morgan fingerprint density at radius 1 is 1.67 bits per heavy atom. The highest BCUT2D eigenvalue weighted by Gasteiger charge is 2.23. The molecule has 0 bridgehead atoms. The summed E-state index contributed by atoms with van der Waals surface area (Å²) in [6, 6.07) is 1.92. The van der Waals surface area contributed by atoms with Crippen molar-refractivity contribution in [3.8, 4) is 0 Å². The van der Waals surface area contributed by atoms with E-state index in [0.717, 1.165) is 13.7 Å². The Labute approximate surface area is 88.7 Å². The van der Waals surface area contributed by atoms with E-state index in [1.165, 1.54) is 11.3 Å². The fraction of sp³-hybridized carbons (Fsp3) is 0.429. The van der Waals surface area contributed by atoms with Crippen LogP contribution < -0.4 is 5.90 Å². The molecule has 0 spiro atoms. The maximum Gasteiger partial charge on any atom is 0.118 e. The predicted octanol–water partition coefficient (Wildman–Crippen LogP) is 3.29. The number of halogens is 2. The summed E-state index contributed by atoms with van der Waals surface area (Å²) in [6.45, 7) is 3.78. The molecule has 0 aromatic carbocycles. The molecule has 1 rings (SSSR count). The third kappa shape index (κ3) is 2.00. The average molecular weight is 271 g/mol. The quantitative estimate of drug-likeness (QED) is 0.837. The molecule has 1 aromatic heterocycles. The molecule has 0 saturated heterocycles.